The van der Waals surface area contributed by atoms with E-state index in [1.54, 1.807) is 17.6 Å². The molecule has 2 heterocycles. The molecular weight excluding hydrogens is 396 g/mol. The summed E-state index contributed by atoms with van der Waals surface area (Å²) < 4.78 is 7.06. The van der Waals surface area contributed by atoms with Crippen molar-refractivity contribution in [3.63, 3.8) is 0 Å². The van der Waals surface area contributed by atoms with Gasteiger partial charge in [0.05, 0.1) is 10.2 Å². The second kappa shape index (κ2) is 9.82. The topological polar surface area (TPSA) is 66.8 Å². The third-order valence-electron chi connectivity index (χ3n) is 5.12. The first-order chi connectivity index (χ1) is 14.7. The molecule has 0 radical (unpaired) electrons. The number of fused-ring (bicyclic) bond motifs is 1. The van der Waals surface area contributed by atoms with E-state index in [1.807, 2.05) is 37.3 Å². The monoisotopic (exact) mass is 422 g/mol. The molecule has 2 aromatic carbocycles. The zero-order chi connectivity index (χ0) is 20.8. The Morgan fingerprint density at radius 1 is 1.23 bits per heavy atom. The van der Waals surface area contributed by atoms with Gasteiger partial charge in [0.1, 0.15) is 5.75 Å². The first-order valence-electron chi connectivity index (χ1n) is 10.4. The Bertz CT molecular complexity index is 974. The largest absolute Gasteiger partial charge is 0.431 e. The van der Waals surface area contributed by atoms with Gasteiger partial charge in [-0.1, -0.05) is 42.5 Å². The van der Waals surface area contributed by atoms with Crippen LogP contribution in [0, 0.1) is 0 Å². The van der Waals surface area contributed by atoms with Crippen molar-refractivity contribution in [2.24, 2.45) is 4.99 Å². The fraction of sp³-hybridized carbons (Fsp3) is 0.348. The molecular formula is C23H26N4O2S. The van der Waals surface area contributed by atoms with Crippen LogP contribution in [0.5, 0.6) is 10.9 Å². The van der Waals surface area contributed by atoms with Crippen LogP contribution in [-0.4, -0.2) is 41.3 Å². The van der Waals surface area contributed by atoms with E-state index in [0.29, 0.717) is 5.19 Å². The Labute approximate surface area is 180 Å². The highest BCUT2D eigenvalue weighted by molar-refractivity contribution is 7.20. The first-order valence-corrected chi connectivity index (χ1v) is 11.2. The van der Waals surface area contributed by atoms with Crippen molar-refractivity contribution in [2.45, 2.75) is 38.8 Å². The summed E-state index contributed by atoms with van der Waals surface area (Å²) in [5, 5.41) is 3.66. The van der Waals surface area contributed by atoms with E-state index in [-0.39, 0.29) is 12.1 Å². The van der Waals surface area contributed by atoms with Gasteiger partial charge >= 0.3 is 6.03 Å². The highest BCUT2D eigenvalue weighted by Crippen LogP contribution is 2.31. The molecule has 3 aromatic rings. The number of thiazole rings is 1. The Hall–Kier alpha value is -2.77. The lowest BCUT2D eigenvalue weighted by Gasteiger charge is -2.32. The van der Waals surface area contributed by atoms with Crippen LogP contribution in [-0.2, 0) is 6.54 Å². The summed E-state index contributed by atoms with van der Waals surface area (Å²) in [6.45, 7) is 4.80. The molecule has 2 amide bonds. The maximum atomic E-state index is 11.7. The fourth-order valence-electron chi connectivity index (χ4n) is 3.54. The minimum atomic E-state index is -0.223. The number of rotatable bonds is 6. The highest BCUT2D eigenvalue weighted by Gasteiger charge is 2.20. The lowest BCUT2D eigenvalue weighted by atomic mass is 10.0. The third-order valence-corrected chi connectivity index (χ3v) is 6.03. The quantitative estimate of drug-likeness (QED) is 0.552. The van der Waals surface area contributed by atoms with Crippen LogP contribution in [0.15, 0.2) is 53.5 Å². The molecule has 0 aliphatic carbocycles. The van der Waals surface area contributed by atoms with Gasteiger partial charge in [0, 0.05) is 31.9 Å². The summed E-state index contributed by atoms with van der Waals surface area (Å²) in [6.07, 6.45) is 4.32. The molecule has 1 aliphatic rings. The van der Waals surface area contributed by atoms with Crippen molar-refractivity contribution in [1.29, 1.82) is 0 Å². The average molecular weight is 423 g/mol. The van der Waals surface area contributed by atoms with Crippen LogP contribution in [0.25, 0.3) is 10.2 Å². The minimum Gasteiger partial charge on any atom is -0.431 e. The second-order valence-corrected chi connectivity index (χ2v) is 8.41. The van der Waals surface area contributed by atoms with Gasteiger partial charge in [0.2, 0.25) is 0 Å². The number of amides is 2. The molecule has 0 spiro atoms. The van der Waals surface area contributed by atoms with Crippen LogP contribution >= 0.6 is 11.3 Å². The number of carbonyl (C=O) groups is 1. The smallest absolute Gasteiger partial charge is 0.340 e. The maximum Gasteiger partial charge on any atom is 0.340 e. The third kappa shape index (κ3) is 5.43. The molecule has 1 aliphatic heterocycles. The van der Waals surface area contributed by atoms with Gasteiger partial charge in [-0.2, -0.15) is 0 Å². The van der Waals surface area contributed by atoms with Crippen molar-refractivity contribution in [1.82, 2.24) is 15.2 Å². The normalized spacial score (nSPS) is 15.6. The molecule has 156 valence electrons. The van der Waals surface area contributed by atoms with Gasteiger partial charge in [-0.15, -0.1) is 0 Å². The van der Waals surface area contributed by atoms with Crippen molar-refractivity contribution in [3.05, 3.63) is 54.1 Å². The summed E-state index contributed by atoms with van der Waals surface area (Å²) in [5.41, 5.74) is 2.22. The number of benzene rings is 2. The van der Waals surface area contributed by atoms with Crippen molar-refractivity contribution >= 4 is 33.8 Å². The van der Waals surface area contributed by atoms with Gasteiger partial charge in [-0.3, -0.25) is 4.90 Å². The number of carbonyl (C=O) groups excluding carboxylic acids is 1. The summed E-state index contributed by atoms with van der Waals surface area (Å²) in [5.74, 6) is 0.798. The number of likely N-dealkylation sites (tertiary alicyclic amines) is 1. The number of para-hydroxylation sites is 1. The summed E-state index contributed by atoms with van der Waals surface area (Å²) in [7, 11) is 0. The van der Waals surface area contributed by atoms with Gasteiger partial charge in [-0.05, 0) is 49.1 Å². The molecule has 0 unspecified atom stereocenters. The van der Waals surface area contributed by atoms with E-state index in [1.165, 1.54) is 5.56 Å². The van der Waals surface area contributed by atoms with E-state index >= 15 is 0 Å². The van der Waals surface area contributed by atoms with Crippen molar-refractivity contribution < 1.29 is 9.53 Å². The molecule has 1 fully saturated rings. The van der Waals surface area contributed by atoms with Gasteiger partial charge in [-0.25, -0.2) is 14.8 Å². The lowest BCUT2D eigenvalue weighted by Crippen LogP contribution is -2.43. The molecule has 1 saturated heterocycles. The van der Waals surface area contributed by atoms with Gasteiger partial charge in [0.15, 0.2) is 0 Å². The van der Waals surface area contributed by atoms with E-state index in [9.17, 15) is 4.79 Å². The van der Waals surface area contributed by atoms with Crippen molar-refractivity contribution in [2.75, 3.05) is 13.1 Å². The van der Waals surface area contributed by atoms with E-state index in [4.69, 9.17) is 4.74 Å². The standard InChI is InChI=1S/C23H26N4O2S/c1-2-13-24-22(28)25-18-11-14-27(15-12-18)16-17-7-9-19(10-8-17)29-23-26-20-5-3-4-6-21(20)30-23/h3-10,13,18H,2,11-12,14-16H2,1H3,(H,25,28). The predicted octanol–water partition coefficient (Wildman–Crippen LogP) is 5.24. The molecule has 30 heavy (non-hydrogen) atoms. The molecule has 4 rings (SSSR count). The van der Waals surface area contributed by atoms with Gasteiger partial charge < -0.3 is 10.1 Å². The number of urea groups is 1. The van der Waals surface area contributed by atoms with E-state index in [2.05, 4.69) is 38.4 Å². The molecule has 0 atom stereocenters. The summed E-state index contributed by atoms with van der Waals surface area (Å²) >= 11 is 1.55. The molecule has 6 nitrogen and oxygen atoms in total. The Morgan fingerprint density at radius 2 is 2.00 bits per heavy atom. The van der Waals surface area contributed by atoms with Crippen LogP contribution in [0.3, 0.4) is 0 Å². The number of nitrogens with zero attached hydrogens (tertiary/aromatic N) is 3. The maximum absolute atomic E-state index is 11.7. The number of piperidine rings is 1. The molecule has 0 saturated carbocycles. The number of hydrogen-bond donors (Lipinski definition) is 1. The van der Waals surface area contributed by atoms with Crippen molar-refractivity contribution in [3.8, 4) is 10.9 Å². The minimum absolute atomic E-state index is 0.215. The SMILES string of the molecule is CCC=NC(=O)NC1CCN(Cc2ccc(Oc3nc4ccccc4s3)cc2)CC1. The number of ether oxygens (including phenoxy) is 1. The molecule has 7 heteroatoms. The first kappa shape index (κ1) is 20.5. The summed E-state index contributed by atoms with van der Waals surface area (Å²) in [4.78, 5) is 22.5. The number of aromatic nitrogens is 1. The van der Waals surface area contributed by atoms with E-state index < -0.39 is 0 Å². The van der Waals surface area contributed by atoms with Crippen LogP contribution in [0.1, 0.15) is 31.7 Å². The summed E-state index contributed by atoms with van der Waals surface area (Å²) in [6, 6.07) is 16.2. The highest BCUT2D eigenvalue weighted by atomic mass is 32.1. The zero-order valence-corrected chi connectivity index (χ0v) is 17.9. The average Bonchev–Trinajstić information content (AvgIpc) is 3.17. The number of aliphatic imine (C=N–C) groups is 1. The van der Waals surface area contributed by atoms with E-state index in [0.717, 1.165) is 54.9 Å². The Morgan fingerprint density at radius 3 is 2.73 bits per heavy atom. The van der Waals surface area contributed by atoms with Crippen LogP contribution < -0.4 is 10.1 Å². The molecule has 1 N–H and O–H groups in total. The second-order valence-electron chi connectivity index (χ2n) is 7.41. The zero-order valence-electron chi connectivity index (χ0n) is 17.1. The fourth-order valence-corrected chi connectivity index (χ4v) is 4.37. The Kier molecular flexibility index (Phi) is 6.71. The number of hydrogen-bond acceptors (Lipinski definition) is 5. The van der Waals surface area contributed by atoms with Gasteiger partial charge in [0.25, 0.3) is 5.19 Å². The molecule has 1 aromatic heterocycles. The molecule has 0 bridgehead atoms. The van der Waals surface area contributed by atoms with Crippen LogP contribution in [0.2, 0.25) is 0 Å². The lowest BCUT2D eigenvalue weighted by molar-refractivity contribution is 0.189. The predicted molar refractivity (Wildman–Crippen MR) is 122 cm³/mol. The Balaban J connectivity index is 1.26. The van der Waals surface area contributed by atoms with Crippen LogP contribution in [0.4, 0.5) is 4.79 Å². The number of nitrogens with one attached hydrogen (secondary N) is 1.